The van der Waals surface area contributed by atoms with Crippen molar-refractivity contribution in [3.63, 3.8) is 0 Å². The third-order valence-corrected chi connectivity index (χ3v) is 6.16. The number of methoxy groups -OCH3 is 2. The Labute approximate surface area is 167 Å². The van der Waals surface area contributed by atoms with Gasteiger partial charge in [0.25, 0.3) is 10.0 Å². The van der Waals surface area contributed by atoms with E-state index in [0.717, 1.165) is 21.8 Å². The highest BCUT2D eigenvalue weighted by Crippen LogP contribution is 2.32. The molecule has 0 unspecified atom stereocenters. The molecule has 2 aromatic heterocycles. The van der Waals surface area contributed by atoms with Gasteiger partial charge in [-0.25, -0.2) is 8.42 Å². The summed E-state index contributed by atoms with van der Waals surface area (Å²) in [6.45, 7) is 0. The SMILES string of the molecule is COc1ccc(NS(=O)(=O)c2ccc3c(c2)c2cc(N)ccc2n3C)c(OC)n1. The Morgan fingerprint density at radius 3 is 2.34 bits per heavy atom. The summed E-state index contributed by atoms with van der Waals surface area (Å²) in [7, 11) is 0.933. The Kier molecular flexibility index (Phi) is 4.46. The summed E-state index contributed by atoms with van der Waals surface area (Å²) in [6, 6.07) is 13.7. The number of benzene rings is 2. The van der Waals surface area contributed by atoms with Crippen molar-refractivity contribution in [1.29, 1.82) is 0 Å². The van der Waals surface area contributed by atoms with Crippen LogP contribution in [0, 0.1) is 0 Å². The minimum absolute atomic E-state index is 0.118. The van der Waals surface area contributed by atoms with E-state index in [9.17, 15) is 8.42 Å². The number of hydrogen-bond acceptors (Lipinski definition) is 6. The lowest BCUT2D eigenvalue weighted by Crippen LogP contribution is -2.14. The number of rotatable bonds is 5. The molecular formula is C20H20N4O4S. The van der Waals surface area contributed by atoms with Gasteiger partial charge in [0, 0.05) is 40.6 Å². The number of nitrogen functional groups attached to an aromatic ring is 1. The van der Waals surface area contributed by atoms with Crippen molar-refractivity contribution in [2.45, 2.75) is 4.90 Å². The van der Waals surface area contributed by atoms with Crippen molar-refractivity contribution >= 4 is 43.2 Å². The van der Waals surface area contributed by atoms with Gasteiger partial charge in [-0.15, -0.1) is 0 Å². The van der Waals surface area contributed by atoms with E-state index in [4.69, 9.17) is 15.2 Å². The molecule has 2 aromatic carbocycles. The zero-order chi connectivity index (χ0) is 20.8. The second-order valence-electron chi connectivity index (χ2n) is 6.53. The molecule has 4 rings (SSSR count). The molecule has 150 valence electrons. The first kappa shape index (κ1) is 18.9. The van der Waals surface area contributed by atoms with Crippen molar-refractivity contribution in [2.75, 3.05) is 24.7 Å². The summed E-state index contributed by atoms with van der Waals surface area (Å²) < 4.78 is 40.8. The Morgan fingerprint density at radius 1 is 0.966 bits per heavy atom. The Morgan fingerprint density at radius 2 is 1.66 bits per heavy atom. The van der Waals surface area contributed by atoms with Crippen molar-refractivity contribution < 1.29 is 17.9 Å². The summed E-state index contributed by atoms with van der Waals surface area (Å²) in [6.07, 6.45) is 0. The van der Waals surface area contributed by atoms with Crippen LogP contribution in [0.25, 0.3) is 21.8 Å². The number of aromatic nitrogens is 2. The Balaban J connectivity index is 1.81. The summed E-state index contributed by atoms with van der Waals surface area (Å²) >= 11 is 0. The fourth-order valence-electron chi connectivity index (χ4n) is 3.36. The average Bonchev–Trinajstić information content (AvgIpc) is 2.99. The molecule has 29 heavy (non-hydrogen) atoms. The molecule has 4 aromatic rings. The maximum Gasteiger partial charge on any atom is 0.262 e. The molecule has 0 spiro atoms. The van der Waals surface area contributed by atoms with E-state index in [0.29, 0.717) is 11.6 Å². The fraction of sp³-hybridized carbons (Fsp3) is 0.150. The molecule has 0 aliphatic rings. The molecule has 9 heteroatoms. The number of fused-ring (bicyclic) bond motifs is 3. The third kappa shape index (κ3) is 3.19. The first-order valence-electron chi connectivity index (χ1n) is 8.73. The van der Waals surface area contributed by atoms with Crippen molar-refractivity contribution in [3.05, 3.63) is 48.5 Å². The van der Waals surface area contributed by atoms with Crippen LogP contribution in [0.3, 0.4) is 0 Å². The molecule has 0 fully saturated rings. The predicted molar refractivity (Wildman–Crippen MR) is 113 cm³/mol. The quantitative estimate of drug-likeness (QED) is 0.488. The van der Waals surface area contributed by atoms with Crippen LogP contribution in [-0.2, 0) is 17.1 Å². The van der Waals surface area contributed by atoms with E-state index in [1.807, 2.05) is 29.8 Å². The fourth-order valence-corrected chi connectivity index (χ4v) is 4.44. The van der Waals surface area contributed by atoms with Gasteiger partial charge >= 0.3 is 0 Å². The molecule has 0 aliphatic carbocycles. The third-order valence-electron chi connectivity index (χ3n) is 4.79. The lowest BCUT2D eigenvalue weighted by atomic mass is 10.1. The van der Waals surface area contributed by atoms with E-state index in [1.165, 1.54) is 14.2 Å². The molecule has 2 heterocycles. The number of ether oxygens (including phenoxy) is 2. The number of nitrogens with zero attached hydrogens (tertiary/aromatic N) is 2. The van der Waals surface area contributed by atoms with Gasteiger partial charge in [0.2, 0.25) is 11.8 Å². The Hall–Kier alpha value is -3.46. The summed E-state index contributed by atoms with van der Waals surface area (Å²) in [5, 5.41) is 1.70. The van der Waals surface area contributed by atoms with Gasteiger partial charge in [-0.2, -0.15) is 4.98 Å². The molecule has 0 atom stereocenters. The van der Waals surface area contributed by atoms with Crippen LogP contribution in [0.2, 0.25) is 0 Å². The maximum absolute atomic E-state index is 13.0. The largest absolute Gasteiger partial charge is 0.481 e. The maximum atomic E-state index is 13.0. The van der Waals surface area contributed by atoms with Gasteiger partial charge < -0.3 is 19.8 Å². The number of pyridine rings is 1. The second kappa shape index (κ2) is 6.85. The standard InChI is InChI=1S/C20H20N4O4S/c1-24-17-7-4-12(21)10-14(17)15-11-13(5-8-18(15)24)29(25,26)23-16-6-9-19(27-2)22-20(16)28-3/h4-11,23H,21H2,1-3H3. The van der Waals surface area contributed by atoms with Gasteiger partial charge in [0.1, 0.15) is 5.69 Å². The number of sulfonamides is 1. The summed E-state index contributed by atoms with van der Waals surface area (Å²) in [5.41, 5.74) is 8.65. The first-order chi connectivity index (χ1) is 13.8. The van der Waals surface area contributed by atoms with Crippen molar-refractivity contribution in [1.82, 2.24) is 9.55 Å². The summed E-state index contributed by atoms with van der Waals surface area (Å²) in [5.74, 6) is 0.437. The van der Waals surface area contributed by atoms with Gasteiger partial charge in [-0.3, -0.25) is 4.72 Å². The molecule has 0 amide bonds. The smallest absolute Gasteiger partial charge is 0.262 e. The number of anilines is 2. The zero-order valence-electron chi connectivity index (χ0n) is 16.1. The molecule has 0 saturated heterocycles. The van der Waals surface area contributed by atoms with E-state index in [1.54, 1.807) is 30.3 Å². The predicted octanol–water partition coefficient (Wildman–Crippen LogP) is 3.13. The van der Waals surface area contributed by atoms with Crippen LogP contribution >= 0.6 is 0 Å². The minimum atomic E-state index is -3.88. The summed E-state index contributed by atoms with van der Waals surface area (Å²) in [4.78, 5) is 4.23. The number of nitrogens with one attached hydrogen (secondary N) is 1. The van der Waals surface area contributed by atoms with Gasteiger partial charge in [0.05, 0.1) is 19.1 Å². The van der Waals surface area contributed by atoms with Crippen molar-refractivity contribution in [2.24, 2.45) is 7.05 Å². The topological polar surface area (TPSA) is 108 Å². The lowest BCUT2D eigenvalue weighted by Gasteiger charge is -2.12. The van der Waals surface area contributed by atoms with Crippen LogP contribution in [0.5, 0.6) is 11.8 Å². The van der Waals surface area contributed by atoms with E-state index < -0.39 is 10.0 Å². The monoisotopic (exact) mass is 412 g/mol. The molecule has 8 nitrogen and oxygen atoms in total. The molecule has 0 radical (unpaired) electrons. The number of nitrogens with two attached hydrogens (primary N) is 1. The van der Waals surface area contributed by atoms with Gasteiger partial charge in [-0.1, -0.05) is 0 Å². The van der Waals surface area contributed by atoms with E-state index >= 15 is 0 Å². The second-order valence-corrected chi connectivity index (χ2v) is 8.21. The van der Waals surface area contributed by atoms with Crippen LogP contribution in [0.15, 0.2) is 53.4 Å². The molecule has 3 N–H and O–H groups in total. The lowest BCUT2D eigenvalue weighted by molar-refractivity contribution is 0.366. The molecule has 0 aliphatic heterocycles. The number of hydrogen-bond donors (Lipinski definition) is 2. The van der Waals surface area contributed by atoms with Gasteiger partial charge in [0.15, 0.2) is 0 Å². The minimum Gasteiger partial charge on any atom is -0.481 e. The van der Waals surface area contributed by atoms with Crippen LogP contribution in [0.4, 0.5) is 11.4 Å². The average molecular weight is 412 g/mol. The number of aryl methyl sites for hydroxylation is 1. The first-order valence-corrected chi connectivity index (χ1v) is 10.2. The van der Waals surface area contributed by atoms with Gasteiger partial charge in [-0.05, 0) is 42.5 Å². The highest BCUT2D eigenvalue weighted by molar-refractivity contribution is 7.92. The molecule has 0 bridgehead atoms. The zero-order valence-corrected chi connectivity index (χ0v) is 16.9. The Bertz CT molecular complexity index is 1350. The van der Waals surface area contributed by atoms with Crippen LogP contribution in [0.1, 0.15) is 0 Å². The molecular weight excluding hydrogens is 392 g/mol. The van der Waals surface area contributed by atoms with Crippen molar-refractivity contribution in [3.8, 4) is 11.8 Å². The van der Waals surface area contributed by atoms with E-state index in [-0.39, 0.29) is 16.5 Å². The van der Waals surface area contributed by atoms with Crippen LogP contribution < -0.4 is 19.9 Å². The van der Waals surface area contributed by atoms with E-state index in [2.05, 4.69) is 9.71 Å². The molecule has 0 saturated carbocycles. The normalized spacial score (nSPS) is 11.7. The highest BCUT2D eigenvalue weighted by atomic mass is 32.2. The van der Waals surface area contributed by atoms with Crippen LogP contribution in [-0.4, -0.2) is 32.2 Å². The highest BCUT2D eigenvalue weighted by Gasteiger charge is 2.20.